The monoisotopic (exact) mass is 339 g/mol. The molecule has 1 amide bonds. The van der Waals surface area contributed by atoms with Crippen LogP contribution in [-0.4, -0.2) is 36.7 Å². The van der Waals surface area contributed by atoms with Crippen molar-refractivity contribution in [3.63, 3.8) is 0 Å². The Morgan fingerprint density at radius 1 is 1.22 bits per heavy atom. The molecule has 0 atom stereocenters. The summed E-state index contributed by atoms with van der Waals surface area (Å²) in [5, 5.41) is 12.2. The molecule has 0 unspecified atom stereocenters. The molecular formula is C17H22ClNO4. The van der Waals surface area contributed by atoms with E-state index in [2.05, 4.69) is 5.32 Å². The zero-order valence-corrected chi connectivity index (χ0v) is 13.8. The molecule has 0 saturated carbocycles. The average Bonchev–Trinajstić information content (AvgIpc) is 2.55. The summed E-state index contributed by atoms with van der Waals surface area (Å²) in [7, 11) is 0. The SMILES string of the molecule is O=C(O)CCCCNC(=O)C1(c2ccccc2Cl)CCOCC1. The number of unbranched alkanes of at least 4 members (excludes halogenated alkanes) is 1. The molecule has 0 aliphatic carbocycles. The van der Waals surface area contributed by atoms with Gasteiger partial charge in [-0.15, -0.1) is 0 Å². The summed E-state index contributed by atoms with van der Waals surface area (Å²) < 4.78 is 5.42. The number of halogens is 1. The fourth-order valence-electron chi connectivity index (χ4n) is 2.96. The maximum absolute atomic E-state index is 12.8. The molecule has 126 valence electrons. The third kappa shape index (κ3) is 4.45. The van der Waals surface area contributed by atoms with Gasteiger partial charge in [-0.1, -0.05) is 29.8 Å². The zero-order valence-electron chi connectivity index (χ0n) is 13.0. The number of carbonyl (C=O) groups excluding carboxylic acids is 1. The summed E-state index contributed by atoms with van der Waals surface area (Å²) in [5.74, 6) is -0.863. The molecule has 2 N–H and O–H groups in total. The molecule has 2 rings (SSSR count). The Labute approximate surface area is 141 Å². The number of hydrogen-bond acceptors (Lipinski definition) is 3. The van der Waals surface area contributed by atoms with E-state index in [1.165, 1.54) is 0 Å². The summed E-state index contributed by atoms with van der Waals surface area (Å²) in [4.78, 5) is 23.3. The number of nitrogens with one attached hydrogen (secondary N) is 1. The third-order valence-corrected chi connectivity index (χ3v) is 4.60. The molecule has 1 saturated heterocycles. The van der Waals surface area contributed by atoms with Gasteiger partial charge in [0, 0.05) is 31.2 Å². The predicted octanol–water partition coefficient (Wildman–Crippen LogP) is 2.76. The molecule has 1 aromatic carbocycles. The maximum Gasteiger partial charge on any atom is 0.303 e. The lowest BCUT2D eigenvalue weighted by atomic mass is 9.73. The Morgan fingerprint density at radius 2 is 1.91 bits per heavy atom. The first-order valence-corrected chi connectivity index (χ1v) is 8.27. The number of hydrogen-bond donors (Lipinski definition) is 2. The fraction of sp³-hybridized carbons (Fsp3) is 0.529. The summed E-state index contributed by atoms with van der Waals surface area (Å²) >= 11 is 6.32. The lowest BCUT2D eigenvalue weighted by molar-refractivity contribution is -0.137. The van der Waals surface area contributed by atoms with Gasteiger partial charge in [0.25, 0.3) is 0 Å². The summed E-state index contributed by atoms with van der Waals surface area (Å²) in [6, 6.07) is 7.44. The lowest BCUT2D eigenvalue weighted by Crippen LogP contribution is -2.48. The van der Waals surface area contributed by atoms with E-state index < -0.39 is 11.4 Å². The Hall–Kier alpha value is -1.59. The van der Waals surface area contributed by atoms with Gasteiger partial charge in [-0.3, -0.25) is 9.59 Å². The van der Waals surface area contributed by atoms with E-state index in [-0.39, 0.29) is 12.3 Å². The van der Waals surface area contributed by atoms with Gasteiger partial charge < -0.3 is 15.2 Å². The highest BCUT2D eigenvalue weighted by Crippen LogP contribution is 2.38. The van der Waals surface area contributed by atoms with Crippen molar-refractivity contribution in [2.24, 2.45) is 0 Å². The van der Waals surface area contributed by atoms with Crippen LogP contribution in [-0.2, 0) is 19.7 Å². The smallest absolute Gasteiger partial charge is 0.303 e. The Bertz CT molecular complexity index is 555. The molecule has 0 spiro atoms. The van der Waals surface area contributed by atoms with Crippen molar-refractivity contribution in [3.8, 4) is 0 Å². The molecular weight excluding hydrogens is 318 g/mol. The normalized spacial score (nSPS) is 16.7. The lowest BCUT2D eigenvalue weighted by Gasteiger charge is -2.36. The molecule has 0 radical (unpaired) electrons. The summed E-state index contributed by atoms with van der Waals surface area (Å²) in [6.07, 6.45) is 2.51. The van der Waals surface area contributed by atoms with E-state index in [0.29, 0.717) is 50.5 Å². The number of ether oxygens (including phenoxy) is 1. The largest absolute Gasteiger partial charge is 0.481 e. The summed E-state index contributed by atoms with van der Waals surface area (Å²) in [6.45, 7) is 1.52. The predicted molar refractivity (Wildman–Crippen MR) is 87.7 cm³/mol. The minimum atomic E-state index is -0.812. The van der Waals surface area contributed by atoms with Crippen molar-refractivity contribution in [1.29, 1.82) is 0 Å². The van der Waals surface area contributed by atoms with Gasteiger partial charge in [0.15, 0.2) is 0 Å². The van der Waals surface area contributed by atoms with Crippen LogP contribution in [0.2, 0.25) is 5.02 Å². The van der Waals surface area contributed by atoms with Gasteiger partial charge >= 0.3 is 5.97 Å². The van der Waals surface area contributed by atoms with Crippen LogP contribution in [0.5, 0.6) is 0 Å². The van der Waals surface area contributed by atoms with Crippen molar-refractivity contribution < 1.29 is 19.4 Å². The molecule has 1 aliphatic heterocycles. The van der Waals surface area contributed by atoms with Crippen LogP contribution in [0.3, 0.4) is 0 Å². The number of carboxylic acids is 1. The fourth-order valence-corrected chi connectivity index (χ4v) is 3.28. The molecule has 1 heterocycles. The number of amides is 1. The second-order valence-electron chi connectivity index (χ2n) is 5.78. The molecule has 0 bridgehead atoms. The average molecular weight is 340 g/mol. The van der Waals surface area contributed by atoms with Crippen LogP contribution in [0.4, 0.5) is 0 Å². The van der Waals surface area contributed by atoms with Gasteiger partial charge in [-0.05, 0) is 37.3 Å². The van der Waals surface area contributed by atoms with Crippen LogP contribution in [0.15, 0.2) is 24.3 Å². The van der Waals surface area contributed by atoms with Crippen LogP contribution in [0, 0.1) is 0 Å². The Balaban J connectivity index is 2.05. The molecule has 1 aromatic rings. The first-order chi connectivity index (χ1) is 11.1. The van der Waals surface area contributed by atoms with Crippen molar-refractivity contribution in [2.45, 2.75) is 37.5 Å². The molecule has 23 heavy (non-hydrogen) atoms. The van der Waals surface area contributed by atoms with Gasteiger partial charge in [0.2, 0.25) is 5.91 Å². The Kier molecular flexibility index (Phi) is 6.42. The number of benzene rings is 1. The quantitative estimate of drug-likeness (QED) is 0.749. The summed E-state index contributed by atoms with van der Waals surface area (Å²) in [5.41, 5.74) is 0.177. The molecule has 0 aromatic heterocycles. The van der Waals surface area contributed by atoms with Gasteiger partial charge in [-0.25, -0.2) is 0 Å². The van der Waals surface area contributed by atoms with E-state index in [4.69, 9.17) is 21.4 Å². The van der Waals surface area contributed by atoms with Crippen molar-refractivity contribution in [3.05, 3.63) is 34.9 Å². The van der Waals surface area contributed by atoms with Crippen LogP contribution in [0.25, 0.3) is 0 Å². The second kappa shape index (κ2) is 8.31. The van der Waals surface area contributed by atoms with Gasteiger partial charge in [0.1, 0.15) is 0 Å². The highest BCUT2D eigenvalue weighted by Gasteiger charge is 2.42. The van der Waals surface area contributed by atoms with Crippen LogP contribution < -0.4 is 5.32 Å². The number of carboxylic acid groups (broad SMARTS) is 1. The molecule has 1 fully saturated rings. The van der Waals surface area contributed by atoms with Crippen molar-refractivity contribution in [1.82, 2.24) is 5.32 Å². The van der Waals surface area contributed by atoms with E-state index in [0.717, 1.165) is 5.56 Å². The first kappa shape index (κ1) is 17.8. The second-order valence-corrected chi connectivity index (χ2v) is 6.19. The van der Waals surface area contributed by atoms with E-state index >= 15 is 0 Å². The maximum atomic E-state index is 12.8. The topological polar surface area (TPSA) is 75.6 Å². The van der Waals surface area contributed by atoms with E-state index in [1.807, 2.05) is 18.2 Å². The highest BCUT2D eigenvalue weighted by molar-refractivity contribution is 6.31. The number of carbonyl (C=O) groups is 2. The minimum Gasteiger partial charge on any atom is -0.481 e. The van der Waals surface area contributed by atoms with Crippen LogP contribution >= 0.6 is 11.6 Å². The molecule has 5 nitrogen and oxygen atoms in total. The first-order valence-electron chi connectivity index (χ1n) is 7.89. The van der Waals surface area contributed by atoms with Crippen molar-refractivity contribution in [2.75, 3.05) is 19.8 Å². The number of rotatable bonds is 7. The molecule has 1 aliphatic rings. The highest BCUT2D eigenvalue weighted by atomic mass is 35.5. The standard InChI is InChI=1S/C17H22ClNO4/c18-14-6-2-1-5-13(14)17(8-11-23-12-9-17)16(22)19-10-4-3-7-15(20)21/h1-2,5-6H,3-4,7-12H2,(H,19,22)(H,20,21). The van der Waals surface area contributed by atoms with Gasteiger partial charge in [-0.2, -0.15) is 0 Å². The van der Waals surface area contributed by atoms with E-state index in [9.17, 15) is 9.59 Å². The van der Waals surface area contributed by atoms with Crippen molar-refractivity contribution >= 4 is 23.5 Å². The third-order valence-electron chi connectivity index (χ3n) is 4.27. The minimum absolute atomic E-state index is 0.0516. The number of aliphatic carboxylic acids is 1. The molecule has 6 heteroatoms. The van der Waals surface area contributed by atoms with Crippen LogP contribution in [0.1, 0.15) is 37.7 Å². The van der Waals surface area contributed by atoms with E-state index in [1.54, 1.807) is 6.07 Å². The van der Waals surface area contributed by atoms with Gasteiger partial charge in [0.05, 0.1) is 5.41 Å². The zero-order chi connectivity index (χ0) is 16.7. The Morgan fingerprint density at radius 3 is 2.57 bits per heavy atom.